The monoisotopic (exact) mass is 354 g/mol. The summed E-state index contributed by atoms with van der Waals surface area (Å²) in [6.45, 7) is 4.58. The summed E-state index contributed by atoms with van der Waals surface area (Å²) in [5.74, 6) is 0.246. The molecule has 0 bridgehead atoms. The Morgan fingerprint density at radius 2 is 1.92 bits per heavy atom. The van der Waals surface area contributed by atoms with Gasteiger partial charge in [-0.05, 0) is 30.5 Å². The molecule has 2 aromatic carbocycles. The van der Waals surface area contributed by atoms with Gasteiger partial charge >= 0.3 is 0 Å². The fourth-order valence-corrected chi connectivity index (χ4v) is 4.05. The minimum atomic E-state index is -1.23. The van der Waals surface area contributed by atoms with E-state index in [1.54, 1.807) is 0 Å². The fourth-order valence-electron chi connectivity index (χ4n) is 2.86. The highest BCUT2D eigenvalue weighted by Crippen LogP contribution is 2.16. The van der Waals surface area contributed by atoms with Crippen LogP contribution in [0, 0.1) is 13.8 Å². The highest BCUT2D eigenvalue weighted by molar-refractivity contribution is 7.84. The normalized spacial score (nSPS) is 15.1. The number of carbonyl (C=O) groups is 1. The van der Waals surface area contributed by atoms with E-state index in [2.05, 4.69) is 5.10 Å². The Kier molecular flexibility index (Phi) is 5.43. The Bertz CT molecular complexity index is 831. The number of nitrogens with zero attached hydrogens (tertiary/aromatic N) is 2. The third-order valence-electron chi connectivity index (χ3n) is 4.30. The quantitative estimate of drug-likeness (QED) is 0.828. The molecule has 1 heterocycles. The van der Waals surface area contributed by atoms with Crippen molar-refractivity contribution >= 4 is 22.4 Å². The van der Waals surface area contributed by atoms with Crippen molar-refractivity contribution in [1.82, 2.24) is 5.01 Å². The zero-order valence-corrected chi connectivity index (χ0v) is 15.4. The van der Waals surface area contributed by atoms with Gasteiger partial charge in [0.1, 0.15) is 5.75 Å². The average Bonchev–Trinajstić information content (AvgIpc) is 3.09. The standard InChI is InChI=1S/C20H22N2O2S/c1-15-8-9-16(2)18(12-15)13-25(24)14-20(23)22-11-10-19(21-22)17-6-4-3-5-7-17/h3-9,12H,10-11,13-14H2,1-2H3/t25-/m0/s1. The summed E-state index contributed by atoms with van der Waals surface area (Å²) in [6, 6.07) is 16.0. The molecule has 1 atom stereocenters. The molecule has 1 aliphatic heterocycles. The van der Waals surface area contributed by atoms with Gasteiger partial charge in [0.25, 0.3) is 5.91 Å². The number of hydrogen-bond acceptors (Lipinski definition) is 3. The van der Waals surface area contributed by atoms with Gasteiger partial charge in [-0.3, -0.25) is 9.00 Å². The topological polar surface area (TPSA) is 49.7 Å². The number of benzene rings is 2. The van der Waals surface area contributed by atoms with E-state index in [0.29, 0.717) is 12.3 Å². The lowest BCUT2D eigenvalue weighted by atomic mass is 10.1. The van der Waals surface area contributed by atoms with Crippen molar-refractivity contribution in [2.24, 2.45) is 5.10 Å². The molecule has 0 unspecified atom stereocenters. The van der Waals surface area contributed by atoms with Crippen LogP contribution in [0.1, 0.15) is 28.7 Å². The Labute approximate surface area is 151 Å². The summed E-state index contributed by atoms with van der Waals surface area (Å²) in [5.41, 5.74) is 5.24. The van der Waals surface area contributed by atoms with Crippen molar-refractivity contribution in [3.05, 3.63) is 70.8 Å². The molecule has 130 valence electrons. The van der Waals surface area contributed by atoms with Crippen molar-refractivity contribution in [2.45, 2.75) is 26.0 Å². The maximum absolute atomic E-state index is 12.4. The second-order valence-electron chi connectivity index (χ2n) is 6.34. The van der Waals surface area contributed by atoms with E-state index in [4.69, 9.17) is 0 Å². The van der Waals surface area contributed by atoms with Crippen LogP contribution in [0.2, 0.25) is 0 Å². The predicted octanol–water partition coefficient (Wildman–Crippen LogP) is 3.19. The van der Waals surface area contributed by atoms with Gasteiger partial charge in [-0.2, -0.15) is 5.10 Å². The molecule has 0 N–H and O–H groups in total. The van der Waals surface area contributed by atoms with Crippen LogP contribution in [0.3, 0.4) is 0 Å². The molecule has 3 rings (SSSR count). The van der Waals surface area contributed by atoms with Gasteiger partial charge in [-0.25, -0.2) is 5.01 Å². The Balaban J connectivity index is 1.62. The molecule has 25 heavy (non-hydrogen) atoms. The van der Waals surface area contributed by atoms with E-state index in [-0.39, 0.29) is 11.7 Å². The third-order valence-corrected chi connectivity index (χ3v) is 5.50. The highest BCUT2D eigenvalue weighted by atomic mass is 32.2. The van der Waals surface area contributed by atoms with E-state index in [9.17, 15) is 9.00 Å². The van der Waals surface area contributed by atoms with E-state index < -0.39 is 10.8 Å². The second-order valence-corrected chi connectivity index (χ2v) is 7.80. The Hall–Kier alpha value is -2.27. The molecule has 0 spiro atoms. The minimum Gasteiger partial charge on any atom is -0.272 e. The summed E-state index contributed by atoms with van der Waals surface area (Å²) < 4.78 is 12.4. The zero-order chi connectivity index (χ0) is 17.8. The molecular weight excluding hydrogens is 332 g/mol. The predicted molar refractivity (Wildman–Crippen MR) is 102 cm³/mol. The summed E-state index contributed by atoms with van der Waals surface area (Å²) in [5, 5.41) is 5.88. The van der Waals surface area contributed by atoms with E-state index >= 15 is 0 Å². The lowest BCUT2D eigenvalue weighted by Crippen LogP contribution is -2.28. The van der Waals surface area contributed by atoms with Crippen molar-refractivity contribution in [2.75, 3.05) is 12.3 Å². The van der Waals surface area contributed by atoms with E-state index in [1.165, 1.54) is 5.01 Å². The van der Waals surface area contributed by atoms with Crippen molar-refractivity contribution in [3.63, 3.8) is 0 Å². The average molecular weight is 354 g/mol. The zero-order valence-electron chi connectivity index (χ0n) is 14.6. The van der Waals surface area contributed by atoms with Gasteiger partial charge in [0.15, 0.2) is 0 Å². The van der Waals surface area contributed by atoms with Gasteiger partial charge in [0.05, 0.1) is 12.3 Å². The maximum atomic E-state index is 12.4. The molecule has 4 nitrogen and oxygen atoms in total. The molecule has 0 saturated heterocycles. The SMILES string of the molecule is Cc1ccc(C)c(C[S@](=O)CC(=O)N2CCC(c3ccccc3)=N2)c1. The first kappa shape index (κ1) is 17.5. The van der Waals surface area contributed by atoms with Crippen molar-refractivity contribution in [3.8, 4) is 0 Å². The Morgan fingerprint density at radius 1 is 1.16 bits per heavy atom. The van der Waals surface area contributed by atoms with Crippen molar-refractivity contribution < 1.29 is 9.00 Å². The van der Waals surface area contributed by atoms with Gasteiger partial charge < -0.3 is 0 Å². The second kappa shape index (κ2) is 7.74. The largest absolute Gasteiger partial charge is 0.272 e. The van der Waals surface area contributed by atoms with Gasteiger partial charge in [-0.1, -0.05) is 54.1 Å². The lowest BCUT2D eigenvalue weighted by Gasteiger charge is -2.12. The van der Waals surface area contributed by atoms with Crippen LogP contribution in [0.15, 0.2) is 53.6 Å². The van der Waals surface area contributed by atoms with Crippen LogP contribution in [0.4, 0.5) is 0 Å². The van der Waals surface area contributed by atoms with E-state index in [0.717, 1.165) is 34.4 Å². The molecule has 5 heteroatoms. The molecule has 1 amide bonds. The number of hydrazone groups is 1. The number of aryl methyl sites for hydroxylation is 2. The molecule has 0 saturated carbocycles. The van der Waals surface area contributed by atoms with E-state index in [1.807, 2.05) is 62.4 Å². The van der Waals surface area contributed by atoms with Crippen LogP contribution in [0.25, 0.3) is 0 Å². The summed E-state index contributed by atoms with van der Waals surface area (Å²) >= 11 is 0. The number of rotatable bonds is 5. The number of hydrogen-bond donors (Lipinski definition) is 0. The summed E-state index contributed by atoms with van der Waals surface area (Å²) in [4.78, 5) is 12.4. The third kappa shape index (κ3) is 4.42. The highest BCUT2D eigenvalue weighted by Gasteiger charge is 2.23. The Morgan fingerprint density at radius 3 is 2.68 bits per heavy atom. The first-order valence-electron chi connectivity index (χ1n) is 8.37. The summed E-state index contributed by atoms with van der Waals surface area (Å²) in [6.07, 6.45) is 0.735. The lowest BCUT2D eigenvalue weighted by molar-refractivity contribution is -0.127. The molecule has 0 aliphatic carbocycles. The van der Waals surface area contributed by atoms with Crippen LogP contribution in [-0.4, -0.2) is 33.1 Å². The molecule has 1 aliphatic rings. The van der Waals surface area contributed by atoms with Crippen LogP contribution in [0.5, 0.6) is 0 Å². The fraction of sp³-hybridized carbons (Fsp3) is 0.300. The first-order chi connectivity index (χ1) is 12.0. The maximum Gasteiger partial charge on any atom is 0.255 e. The molecule has 2 aromatic rings. The number of carbonyl (C=O) groups excluding carboxylic acids is 1. The van der Waals surface area contributed by atoms with Crippen molar-refractivity contribution in [1.29, 1.82) is 0 Å². The first-order valence-corrected chi connectivity index (χ1v) is 9.86. The van der Waals surface area contributed by atoms with Gasteiger partial charge in [0, 0.05) is 23.0 Å². The smallest absolute Gasteiger partial charge is 0.255 e. The molecule has 0 fully saturated rings. The minimum absolute atomic E-state index is 0.0128. The van der Waals surface area contributed by atoms with Crippen LogP contribution >= 0.6 is 0 Å². The van der Waals surface area contributed by atoms with Crippen LogP contribution < -0.4 is 0 Å². The van der Waals surface area contributed by atoms with Gasteiger partial charge in [0.2, 0.25) is 0 Å². The van der Waals surface area contributed by atoms with Gasteiger partial charge in [-0.15, -0.1) is 0 Å². The molecule has 0 aromatic heterocycles. The molecular formula is C20H22N2O2S. The summed E-state index contributed by atoms with van der Waals surface area (Å²) in [7, 11) is -1.23. The molecule has 0 radical (unpaired) electrons. The number of amides is 1. The van der Waals surface area contributed by atoms with Crippen LogP contribution in [-0.2, 0) is 21.3 Å².